The highest BCUT2D eigenvalue weighted by Gasteiger charge is 2.18. The quantitative estimate of drug-likeness (QED) is 0.910. The molecule has 19 heavy (non-hydrogen) atoms. The zero-order valence-electron chi connectivity index (χ0n) is 11.7. The van der Waals surface area contributed by atoms with Gasteiger partial charge >= 0.3 is 0 Å². The maximum absolute atomic E-state index is 13.3. The SMILES string of the molecule is CC(N)c1cc(F)ccc1N(C)CC1CCCOC1. The number of ether oxygens (including phenoxy) is 1. The molecule has 2 atom stereocenters. The average molecular weight is 266 g/mol. The van der Waals surface area contributed by atoms with Crippen molar-refractivity contribution in [3.8, 4) is 0 Å². The Labute approximate surface area is 114 Å². The van der Waals surface area contributed by atoms with Crippen LogP contribution in [0.5, 0.6) is 0 Å². The summed E-state index contributed by atoms with van der Waals surface area (Å²) in [5, 5.41) is 0. The molecule has 1 aromatic rings. The van der Waals surface area contributed by atoms with Gasteiger partial charge in [-0.15, -0.1) is 0 Å². The smallest absolute Gasteiger partial charge is 0.123 e. The van der Waals surface area contributed by atoms with Crippen LogP contribution < -0.4 is 10.6 Å². The van der Waals surface area contributed by atoms with Crippen LogP contribution in [0.25, 0.3) is 0 Å². The Morgan fingerprint density at radius 2 is 2.32 bits per heavy atom. The van der Waals surface area contributed by atoms with Gasteiger partial charge in [0, 0.05) is 31.9 Å². The lowest BCUT2D eigenvalue weighted by Crippen LogP contribution is -2.31. The van der Waals surface area contributed by atoms with Crippen molar-refractivity contribution >= 4 is 5.69 Å². The largest absolute Gasteiger partial charge is 0.381 e. The van der Waals surface area contributed by atoms with Crippen LogP contribution in [-0.4, -0.2) is 26.8 Å². The number of benzene rings is 1. The van der Waals surface area contributed by atoms with E-state index in [9.17, 15) is 4.39 Å². The van der Waals surface area contributed by atoms with Crippen molar-refractivity contribution in [2.75, 3.05) is 31.7 Å². The van der Waals surface area contributed by atoms with Crippen LogP contribution >= 0.6 is 0 Å². The van der Waals surface area contributed by atoms with Crippen molar-refractivity contribution in [3.63, 3.8) is 0 Å². The van der Waals surface area contributed by atoms with E-state index < -0.39 is 0 Å². The zero-order chi connectivity index (χ0) is 13.8. The molecular weight excluding hydrogens is 243 g/mol. The summed E-state index contributed by atoms with van der Waals surface area (Å²) < 4.78 is 18.8. The van der Waals surface area contributed by atoms with Gasteiger partial charge in [-0.25, -0.2) is 4.39 Å². The fourth-order valence-electron chi connectivity index (χ4n) is 2.67. The van der Waals surface area contributed by atoms with Gasteiger partial charge in [-0.2, -0.15) is 0 Å². The first kappa shape index (κ1) is 14.3. The van der Waals surface area contributed by atoms with Gasteiger partial charge in [-0.05, 0) is 49.4 Å². The number of nitrogens with two attached hydrogens (primary N) is 1. The first-order valence-corrected chi connectivity index (χ1v) is 6.92. The topological polar surface area (TPSA) is 38.5 Å². The molecule has 0 aliphatic carbocycles. The second-order valence-electron chi connectivity index (χ2n) is 5.46. The molecule has 1 aliphatic rings. The first-order chi connectivity index (χ1) is 9.08. The highest BCUT2D eigenvalue weighted by molar-refractivity contribution is 5.54. The zero-order valence-corrected chi connectivity index (χ0v) is 11.7. The van der Waals surface area contributed by atoms with Crippen molar-refractivity contribution in [2.45, 2.75) is 25.8 Å². The molecule has 0 spiro atoms. The molecule has 1 heterocycles. The Kier molecular flexibility index (Phi) is 4.77. The normalized spacial score (nSPS) is 21.2. The van der Waals surface area contributed by atoms with E-state index in [0.717, 1.165) is 37.4 Å². The van der Waals surface area contributed by atoms with Crippen LogP contribution in [-0.2, 0) is 4.74 Å². The number of hydrogen-bond donors (Lipinski definition) is 1. The maximum atomic E-state index is 13.3. The molecule has 0 amide bonds. The molecule has 0 radical (unpaired) electrons. The first-order valence-electron chi connectivity index (χ1n) is 6.92. The standard InChI is InChI=1S/C15H23FN2O/c1-11(17)14-8-13(16)5-6-15(14)18(2)9-12-4-3-7-19-10-12/h5-6,8,11-12H,3-4,7,9-10,17H2,1-2H3. The van der Waals surface area contributed by atoms with E-state index in [2.05, 4.69) is 4.90 Å². The summed E-state index contributed by atoms with van der Waals surface area (Å²) >= 11 is 0. The van der Waals surface area contributed by atoms with E-state index in [-0.39, 0.29) is 11.9 Å². The molecule has 0 bridgehead atoms. The number of rotatable bonds is 4. The lowest BCUT2D eigenvalue weighted by atomic mass is 10.00. The van der Waals surface area contributed by atoms with E-state index >= 15 is 0 Å². The van der Waals surface area contributed by atoms with Crippen LogP contribution in [0.3, 0.4) is 0 Å². The number of nitrogens with zero attached hydrogens (tertiary/aromatic N) is 1. The Hall–Kier alpha value is -1.13. The molecule has 0 saturated carbocycles. The third-order valence-corrected chi connectivity index (χ3v) is 3.68. The minimum atomic E-state index is -0.231. The predicted octanol–water partition coefficient (Wildman–Crippen LogP) is 2.71. The molecule has 2 N–H and O–H groups in total. The molecule has 1 fully saturated rings. The van der Waals surface area contributed by atoms with E-state index in [1.165, 1.54) is 18.6 Å². The minimum Gasteiger partial charge on any atom is -0.381 e. The third kappa shape index (κ3) is 3.67. The van der Waals surface area contributed by atoms with Crippen LogP contribution in [0.2, 0.25) is 0 Å². The highest BCUT2D eigenvalue weighted by Crippen LogP contribution is 2.27. The highest BCUT2D eigenvalue weighted by atomic mass is 19.1. The minimum absolute atomic E-state index is 0.171. The molecule has 1 aliphatic heterocycles. The second-order valence-corrected chi connectivity index (χ2v) is 5.46. The lowest BCUT2D eigenvalue weighted by Gasteiger charge is -2.30. The number of halogens is 1. The molecule has 1 aromatic carbocycles. The monoisotopic (exact) mass is 266 g/mol. The molecule has 106 valence electrons. The predicted molar refractivity (Wildman–Crippen MR) is 75.8 cm³/mol. The maximum Gasteiger partial charge on any atom is 0.123 e. The van der Waals surface area contributed by atoms with Gasteiger partial charge in [0.2, 0.25) is 0 Å². The van der Waals surface area contributed by atoms with Crippen molar-refractivity contribution in [2.24, 2.45) is 11.7 Å². The van der Waals surface area contributed by atoms with Crippen LogP contribution in [0, 0.1) is 11.7 Å². The van der Waals surface area contributed by atoms with E-state index in [1.807, 2.05) is 20.0 Å². The van der Waals surface area contributed by atoms with Gasteiger partial charge in [0.25, 0.3) is 0 Å². The lowest BCUT2D eigenvalue weighted by molar-refractivity contribution is 0.0576. The van der Waals surface area contributed by atoms with Gasteiger partial charge in [0.1, 0.15) is 5.82 Å². The summed E-state index contributed by atoms with van der Waals surface area (Å²) in [4.78, 5) is 2.16. The van der Waals surface area contributed by atoms with Crippen molar-refractivity contribution in [1.29, 1.82) is 0 Å². The fraction of sp³-hybridized carbons (Fsp3) is 0.600. The summed E-state index contributed by atoms with van der Waals surface area (Å²) in [7, 11) is 2.04. The molecule has 0 aromatic heterocycles. The van der Waals surface area contributed by atoms with E-state index in [4.69, 9.17) is 10.5 Å². The van der Waals surface area contributed by atoms with E-state index in [1.54, 1.807) is 0 Å². The van der Waals surface area contributed by atoms with E-state index in [0.29, 0.717) is 5.92 Å². The second kappa shape index (κ2) is 6.35. The summed E-state index contributed by atoms with van der Waals surface area (Å²) in [5.41, 5.74) is 7.81. The molecule has 1 saturated heterocycles. The number of hydrogen-bond acceptors (Lipinski definition) is 3. The number of anilines is 1. The molecule has 4 heteroatoms. The fourth-order valence-corrected chi connectivity index (χ4v) is 2.67. The van der Waals surface area contributed by atoms with Crippen LogP contribution in [0.1, 0.15) is 31.4 Å². The molecule has 2 rings (SSSR count). The van der Waals surface area contributed by atoms with Crippen molar-refractivity contribution < 1.29 is 9.13 Å². The summed E-state index contributed by atoms with van der Waals surface area (Å²) in [6.07, 6.45) is 2.32. The molecular formula is C15H23FN2O. The summed E-state index contributed by atoms with van der Waals surface area (Å²) in [5.74, 6) is 0.315. The Balaban J connectivity index is 2.11. The van der Waals surface area contributed by atoms with Gasteiger partial charge in [-0.3, -0.25) is 0 Å². The summed E-state index contributed by atoms with van der Waals surface area (Å²) in [6, 6.07) is 4.68. The van der Waals surface area contributed by atoms with Crippen LogP contribution in [0.15, 0.2) is 18.2 Å². The Morgan fingerprint density at radius 3 is 2.95 bits per heavy atom. The summed E-state index contributed by atoms with van der Waals surface area (Å²) in [6.45, 7) is 4.50. The van der Waals surface area contributed by atoms with Gasteiger partial charge in [-0.1, -0.05) is 0 Å². The molecule has 3 nitrogen and oxygen atoms in total. The van der Waals surface area contributed by atoms with Gasteiger partial charge in [0.15, 0.2) is 0 Å². The van der Waals surface area contributed by atoms with Gasteiger partial charge in [0.05, 0.1) is 6.61 Å². The van der Waals surface area contributed by atoms with Crippen LogP contribution in [0.4, 0.5) is 10.1 Å². The third-order valence-electron chi connectivity index (χ3n) is 3.68. The molecule has 2 unspecified atom stereocenters. The Morgan fingerprint density at radius 1 is 1.53 bits per heavy atom. The Bertz CT molecular complexity index is 417. The van der Waals surface area contributed by atoms with Crippen molar-refractivity contribution in [3.05, 3.63) is 29.6 Å². The van der Waals surface area contributed by atoms with Gasteiger partial charge < -0.3 is 15.4 Å². The average Bonchev–Trinajstić information content (AvgIpc) is 2.39. The van der Waals surface area contributed by atoms with Crippen molar-refractivity contribution in [1.82, 2.24) is 0 Å².